The van der Waals surface area contributed by atoms with Gasteiger partial charge < -0.3 is 4.90 Å². The van der Waals surface area contributed by atoms with Crippen molar-refractivity contribution in [3.05, 3.63) is 76.4 Å². The van der Waals surface area contributed by atoms with Crippen LogP contribution in [0.2, 0.25) is 0 Å². The van der Waals surface area contributed by atoms with E-state index in [1.54, 1.807) is 6.92 Å². The molecule has 2 aliphatic rings. The smallest absolute Gasteiger partial charge is 0.335 e. The van der Waals surface area contributed by atoms with E-state index in [1.807, 2.05) is 5.48 Å². The molecule has 206 valence electrons. The van der Waals surface area contributed by atoms with Crippen LogP contribution in [0, 0.1) is 0 Å². The predicted molar refractivity (Wildman–Crippen MR) is 112 cm³/mol. The van der Waals surface area contributed by atoms with Gasteiger partial charge in [-0.05, 0) is 35.4 Å². The number of halogens is 10. The molecule has 2 aromatic carbocycles. The van der Waals surface area contributed by atoms with Gasteiger partial charge in [0.1, 0.15) is 0 Å². The summed E-state index contributed by atoms with van der Waals surface area (Å²) in [4.78, 5) is 17.6. The number of hydrogen-bond donors (Lipinski definition) is 1. The van der Waals surface area contributed by atoms with Crippen LogP contribution in [-0.4, -0.2) is 30.1 Å². The topological polar surface area (TPSA) is 41.6 Å². The van der Waals surface area contributed by atoms with Crippen molar-refractivity contribution in [3.8, 4) is 0 Å². The monoisotopic (exact) mass is 556 g/mol. The Bertz CT molecular complexity index is 1230. The maximum Gasteiger partial charge on any atom is 0.428 e. The van der Waals surface area contributed by atoms with E-state index in [-0.39, 0.29) is 54.7 Å². The third-order valence-corrected chi connectivity index (χ3v) is 6.36. The van der Waals surface area contributed by atoms with Crippen LogP contribution >= 0.6 is 0 Å². The first-order valence-corrected chi connectivity index (χ1v) is 11.0. The SMILES string of the molecule is CCC(=O)N1CC(F)(c2ccc(C3=CC(c4cc(C(F)(F)F)cc(C(F)(F)F)c4)(C(F)(F)F)ON3)cc2)C1. The summed E-state index contributed by atoms with van der Waals surface area (Å²) < 4.78 is 137. The first-order chi connectivity index (χ1) is 17.4. The normalized spacial score (nSPS) is 21.6. The molecule has 2 aliphatic heterocycles. The number of rotatable bonds is 4. The molecule has 1 unspecified atom stereocenters. The average Bonchev–Trinajstić information content (AvgIpc) is 3.27. The number of hydroxylamine groups is 1. The van der Waals surface area contributed by atoms with Gasteiger partial charge in [0.25, 0.3) is 0 Å². The summed E-state index contributed by atoms with van der Waals surface area (Å²) in [6.07, 6.45) is -15.7. The zero-order chi connectivity index (χ0) is 28.3. The van der Waals surface area contributed by atoms with E-state index in [1.165, 1.54) is 29.2 Å². The first-order valence-electron chi connectivity index (χ1n) is 11.0. The van der Waals surface area contributed by atoms with E-state index < -0.39 is 52.2 Å². The third kappa shape index (κ3) is 4.81. The van der Waals surface area contributed by atoms with Crippen molar-refractivity contribution < 1.29 is 53.5 Å². The standard InChI is InChI=1S/C24H18F10N2O2/c1-2-19(37)36-11-20(25,12-36)14-5-3-13(4-6-14)18-10-21(38-35-18,24(32,33)34)15-7-16(22(26,27)28)9-17(8-15)23(29,30)31/h3-10,35H,2,11-12H2,1H3. The number of carbonyl (C=O) groups is 1. The Balaban J connectivity index is 1.72. The lowest BCUT2D eigenvalue weighted by molar-refractivity contribution is -0.269. The second-order valence-electron chi connectivity index (χ2n) is 8.94. The van der Waals surface area contributed by atoms with Crippen molar-refractivity contribution in [1.29, 1.82) is 0 Å². The Hall–Kier alpha value is -3.29. The molecular formula is C24H18F10N2O2. The van der Waals surface area contributed by atoms with Crippen LogP contribution in [0.25, 0.3) is 5.70 Å². The molecule has 1 N–H and O–H groups in total. The lowest BCUT2D eigenvalue weighted by Crippen LogP contribution is -2.58. The number of alkyl halides is 10. The van der Waals surface area contributed by atoms with Crippen LogP contribution in [0.15, 0.2) is 48.5 Å². The minimum absolute atomic E-state index is 0.00712. The molecule has 0 bridgehead atoms. The molecule has 0 aliphatic carbocycles. The Morgan fingerprint density at radius 2 is 1.42 bits per heavy atom. The highest BCUT2D eigenvalue weighted by molar-refractivity contribution is 5.77. The largest absolute Gasteiger partial charge is 0.428 e. The fourth-order valence-corrected chi connectivity index (χ4v) is 4.24. The van der Waals surface area contributed by atoms with E-state index >= 15 is 4.39 Å². The second-order valence-corrected chi connectivity index (χ2v) is 8.94. The maximum absolute atomic E-state index is 15.1. The van der Waals surface area contributed by atoms with Crippen LogP contribution in [0.1, 0.15) is 41.2 Å². The van der Waals surface area contributed by atoms with Gasteiger partial charge in [0.15, 0.2) is 5.67 Å². The number of carbonyl (C=O) groups excluding carboxylic acids is 1. The third-order valence-electron chi connectivity index (χ3n) is 6.36. The van der Waals surface area contributed by atoms with Crippen molar-refractivity contribution in [3.63, 3.8) is 0 Å². The van der Waals surface area contributed by atoms with Gasteiger partial charge in [-0.1, -0.05) is 31.2 Å². The van der Waals surface area contributed by atoms with Gasteiger partial charge in [0, 0.05) is 12.0 Å². The number of benzene rings is 2. The zero-order valence-corrected chi connectivity index (χ0v) is 19.3. The Morgan fingerprint density at radius 1 is 0.895 bits per heavy atom. The van der Waals surface area contributed by atoms with E-state index in [2.05, 4.69) is 4.84 Å². The second kappa shape index (κ2) is 8.89. The van der Waals surface area contributed by atoms with Gasteiger partial charge in [-0.3, -0.25) is 15.1 Å². The lowest BCUT2D eigenvalue weighted by atomic mass is 9.86. The highest BCUT2D eigenvalue weighted by atomic mass is 19.4. The highest BCUT2D eigenvalue weighted by Crippen LogP contribution is 2.49. The average molecular weight is 556 g/mol. The van der Waals surface area contributed by atoms with Crippen molar-refractivity contribution >= 4 is 11.6 Å². The van der Waals surface area contributed by atoms with Crippen LogP contribution in [0.4, 0.5) is 43.9 Å². The quantitative estimate of drug-likeness (QED) is 0.439. The molecule has 1 saturated heterocycles. The molecule has 1 fully saturated rings. The van der Waals surface area contributed by atoms with Gasteiger partial charge in [-0.2, -0.15) is 39.5 Å². The summed E-state index contributed by atoms with van der Waals surface area (Å²) in [5.74, 6) is -0.251. The number of nitrogens with zero attached hydrogens (tertiary/aromatic N) is 1. The summed E-state index contributed by atoms with van der Waals surface area (Å²) in [7, 11) is 0. The molecule has 0 saturated carbocycles. The summed E-state index contributed by atoms with van der Waals surface area (Å²) in [6.45, 7) is 1.19. The van der Waals surface area contributed by atoms with Gasteiger partial charge in [-0.15, -0.1) is 0 Å². The number of amides is 1. The molecule has 0 aromatic heterocycles. The molecule has 0 radical (unpaired) electrons. The lowest BCUT2D eigenvalue weighted by Gasteiger charge is -2.44. The summed E-state index contributed by atoms with van der Waals surface area (Å²) >= 11 is 0. The molecule has 38 heavy (non-hydrogen) atoms. The molecule has 1 amide bonds. The maximum atomic E-state index is 15.1. The number of nitrogens with one attached hydrogen (secondary N) is 1. The van der Waals surface area contributed by atoms with Crippen molar-refractivity contribution in [2.24, 2.45) is 0 Å². The molecule has 2 heterocycles. The van der Waals surface area contributed by atoms with Crippen LogP contribution in [0.5, 0.6) is 0 Å². The fraction of sp³-hybridized carbons (Fsp3) is 0.375. The Morgan fingerprint density at radius 3 is 1.87 bits per heavy atom. The molecular weight excluding hydrogens is 538 g/mol. The first kappa shape index (κ1) is 27.7. The van der Waals surface area contributed by atoms with E-state index in [0.717, 1.165) is 0 Å². The van der Waals surface area contributed by atoms with Gasteiger partial charge >= 0.3 is 18.5 Å². The molecule has 4 nitrogen and oxygen atoms in total. The van der Waals surface area contributed by atoms with Crippen molar-refractivity contribution in [2.45, 2.75) is 43.1 Å². The Kier molecular flexibility index (Phi) is 6.49. The summed E-state index contributed by atoms with van der Waals surface area (Å²) in [5.41, 5.74) is -9.24. The minimum Gasteiger partial charge on any atom is -0.335 e. The van der Waals surface area contributed by atoms with Crippen molar-refractivity contribution in [2.75, 3.05) is 13.1 Å². The molecule has 2 aromatic rings. The zero-order valence-electron chi connectivity index (χ0n) is 19.3. The Labute approximate surface area is 208 Å². The van der Waals surface area contributed by atoms with Crippen LogP contribution in [0.3, 0.4) is 0 Å². The number of likely N-dealkylation sites (tertiary alicyclic amines) is 1. The summed E-state index contributed by atoms with van der Waals surface area (Å²) in [5, 5.41) is 0. The molecule has 0 spiro atoms. The van der Waals surface area contributed by atoms with Gasteiger partial charge in [-0.25, -0.2) is 4.39 Å². The van der Waals surface area contributed by atoms with Crippen LogP contribution < -0.4 is 5.48 Å². The molecule has 14 heteroatoms. The molecule has 4 rings (SSSR count). The van der Waals surface area contributed by atoms with E-state index in [0.29, 0.717) is 6.08 Å². The highest BCUT2D eigenvalue weighted by Gasteiger charge is 2.60. The van der Waals surface area contributed by atoms with E-state index in [4.69, 9.17) is 0 Å². The minimum atomic E-state index is -5.49. The summed E-state index contributed by atoms with van der Waals surface area (Å²) in [6, 6.07) is 4.53. The van der Waals surface area contributed by atoms with Gasteiger partial charge in [0.05, 0.1) is 29.9 Å². The predicted octanol–water partition coefficient (Wildman–Crippen LogP) is 6.47. The fourth-order valence-electron chi connectivity index (χ4n) is 4.24. The van der Waals surface area contributed by atoms with Crippen molar-refractivity contribution in [1.82, 2.24) is 10.4 Å². The van der Waals surface area contributed by atoms with Crippen LogP contribution in [-0.2, 0) is 33.3 Å². The molecule has 1 atom stereocenters. The van der Waals surface area contributed by atoms with E-state index in [9.17, 15) is 44.3 Å². The van der Waals surface area contributed by atoms with Gasteiger partial charge in [0.2, 0.25) is 11.5 Å². The number of hydrogen-bond acceptors (Lipinski definition) is 3.